The highest BCUT2D eigenvalue weighted by atomic mass is 35.5. The summed E-state index contributed by atoms with van der Waals surface area (Å²) in [6.45, 7) is 3.65. The summed E-state index contributed by atoms with van der Waals surface area (Å²) in [5, 5.41) is 2.87. The standard InChI is InChI=1S/C13H13ClN4O/c1-7-3-4-9(6-10(7)15)12(19)18-13-16-8(2)5-11(14)17-13/h3-6H,15H2,1-2H3,(H,16,17,18,19). The highest BCUT2D eigenvalue weighted by Crippen LogP contribution is 2.15. The van der Waals surface area contributed by atoms with E-state index in [0.717, 1.165) is 5.56 Å². The maximum absolute atomic E-state index is 12.0. The number of nitrogens with two attached hydrogens (primary N) is 1. The van der Waals surface area contributed by atoms with E-state index in [2.05, 4.69) is 15.3 Å². The number of hydrogen-bond donors (Lipinski definition) is 2. The van der Waals surface area contributed by atoms with Gasteiger partial charge in [0.05, 0.1) is 0 Å². The van der Waals surface area contributed by atoms with E-state index in [4.69, 9.17) is 17.3 Å². The molecule has 1 aromatic carbocycles. The number of hydrogen-bond acceptors (Lipinski definition) is 4. The predicted molar refractivity (Wildman–Crippen MR) is 75.3 cm³/mol. The lowest BCUT2D eigenvalue weighted by Crippen LogP contribution is -2.15. The Balaban J connectivity index is 2.22. The van der Waals surface area contributed by atoms with E-state index in [-0.39, 0.29) is 17.0 Å². The van der Waals surface area contributed by atoms with Crippen molar-refractivity contribution in [1.82, 2.24) is 9.97 Å². The van der Waals surface area contributed by atoms with Crippen molar-refractivity contribution < 1.29 is 4.79 Å². The molecule has 5 nitrogen and oxygen atoms in total. The predicted octanol–water partition coefficient (Wildman–Crippen LogP) is 2.58. The topological polar surface area (TPSA) is 80.9 Å². The Hall–Kier alpha value is -2.14. The first-order chi connectivity index (χ1) is 8.95. The van der Waals surface area contributed by atoms with Gasteiger partial charge in [-0.3, -0.25) is 10.1 Å². The molecule has 1 heterocycles. The van der Waals surface area contributed by atoms with Crippen LogP contribution >= 0.6 is 11.6 Å². The van der Waals surface area contributed by atoms with Gasteiger partial charge in [-0.15, -0.1) is 0 Å². The number of amides is 1. The summed E-state index contributed by atoms with van der Waals surface area (Å²) in [6, 6.07) is 6.70. The molecule has 0 fully saturated rings. The number of aromatic nitrogens is 2. The van der Waals surface area contributed by atoms with Gasteiger partial charge in [0.25, 0.3) is 5.91 Å². The van der Waals surface area contributed by atoms with Gasteiger partial charge in [-0.05, 0) is 37.6 Å². The number of carbonyl (C=O) groups is 1. The number of rotatable bonds is 2. The van der Waals surface area contributed by atoms with E-state index in [1.165, 1.54) is 0 Å². The van der Waals surface area contributed by atoms with Gasteiger partial charge in [-0.25, -0.2) is 9.97 Å². The summed E-state index contributed by atoms with van der Waals surface area (Å²) in [4.78, 5) is 20.0. The molecule has 3 N–H and O–H groups in total. The number of benzene rings is 1. The molecular formula is C13H13ClN4O. The van der Waals surface area contributed by atoms with Crippen molar-refractivity contribution in [2.45, 2.75) is 13.8 Å². The summed E-state index contributed by atoms with van der Waals surface area (Å²) in [6.07, 6.45) is 0. The second kappa shape index (κ2) is 5.24. The van der Waals surface area contributed by atoms with E-state index in [1.54, 1.807) is 31.2 Å². The number of anilines is 2. The van der Waals surface area contributed by atoms with E-state index in [1.807, 2.05) is 6.92 Å². The largest absolute Gasteiger partial charge is 0.398 e. The minimum atomic E-state index is -0.326. The van der Waals surface area contributed by atoms with Gasteiger partial charge < -0.3 is 5.73 Å². The van der Waals surface area contributed by atoms with E-state index in [0.29, 0.717) is 16.9 Å². The van der Waals surface area contributed by atoms with Crippen LogP contribution in [0.4, 0.5) is 11.6 Å². The number of halogens is 1. The minimum absolute atomic E-state index is 0.175. The highest BCUT2D eigenvalue weighted by molar-refractivity contribution is 6.29. The monoisotopic (exact) mass is 276 g/mol. The Bertz CT molecular complexity index is 622. The van der Waals surface area contributed by atoms with Crippen molar-refractivity contribution in [1.29, 1.82) is 0 Å². The number of nitrogens with zero attached hydrogens (tertiary/aromatic N) is 2. The maximum atomic E-state index is 12.0. The van der Waals surface area contributed by atoms with Gasteiger partial charge in [0.2, 0.25) is 5.95 Å². The molecule has 0 atom stereocenters. The normalized spacial score (nSPS) is 10.3. The van der Waals surface area contributed by atoms with Crippen molar-refractivity contribution in [3.8, 4) is 0 Å². The van der Waals surface area contributed by atoms with Gasteiger partial charge in [-0.1, -0.05) is 17.7 Å². The molecule has 0 aliphatic heterocycles. The zero-order chi connectivity index (χ0) is 14.0. The smallest absolute Gasteiger partial charge is 0.258 e. The quantitative estimate of drug-likeness (QED) is 0.652. The van der Waals surface area contributed by atoms with Crippen LogP contribution in [0.3, 0.4) is 0 Å². The molecule has 0 aliphatic carbocycles. The molecule has 0 saturated carbocycles. The van der Waals surface area contributed by atoms with Crippen LogP contribution in [0.15, 0.2) is 24.3 Å². The van der Waals surface area contributed by atoms with Crippen LogP contribution in [-0.4, -0.2) is 15.9 Å². The molecule has 1 amide bonds. The lowest BCUT2D eigenvalue weighted by Gasteiger charge is -2.06. The lowest BCUT2D eigenvalue weighted by atomic mass is 10.1. The van der Waals surface area contributed by atoms with E-state index < -0.39 is 0 Å². The SMILES string of the molecule is Cc1cc(Cl)nc(NC(=O)c2ccc(C)c(N)c2)n1. The Labute approximate surface area is 115 Å². The van der Waals surface area contributed by atoms with Crippen LogP contribution in [0.1, 0.15) is 21.6 Å². The summed E-state index contributed by atoms with van der Waals surface area (Å²) in [7, 11) is 0. The summed E-state index contributed by atoms with van der Waals surface area (Å²) < 4.78 is 0. The molecule has 19 heavy (non-hydrogen) atoms. The van der Waals surface area contributed by atoms with Crippen molar-refractivity contribution in [3.63, 3.8) is 0 Å². The molecule has 0 aliphatic rings. The number of nitrogens with one attached hydrogen (secondary N) is 1. The molecule has 2 aromatic rings. The van der Waals surface area contributed by atoms with Gasteiger partial charge in [-0.2, -0.15) is 0 Å². The lowest BCUT2D eigenvalue weighted by molar-refractivity contribution is 0.102. The van der Waals surface area contributed by atoms with Crippen molar-refractivity contribution in [2.75, 3.05) is 11.1 Å². The van der Waals surface area contributed by atoms with E-state index >= 15 is 0 Å². The van der Waals surface area contributed by atoms with Crippen LogP contribution in [0, 0.1) is 13.8 Å². The molecule has 0 spiro atoms. The Morgan fingerprint density at radius 2 is 2.00 bits per heavy atom. The van der Waals surface area contributed by atoms with Crippen molar-refractivity contribution >= 4 is 29.1 Å². The van der Waals surface area contributed by atoms with Gasteiger partial charge >= 0.3 is 0 Å². The van der Waals surface area contributed by atoms with E-state index in [9.17, 15) is 4.79 Å². The summed E-state index contributed by atoms with van der Waals surface area (Å²) in [5.41, 5.74) is 8.38. The zero-order valence-electron chi connectivity index (χ0n) is 10.6. The van der Waals surface area contributed by atoms with Gasteiger partial charge in [0.15, 0.2) is 0 Å². The molecule has 0 unspecified atom stereocenters. The molecule has 6 heteroatoms. The van der Waals surface area contributed by atoms with Crippen LogP contribution in [0.2, 0.25) is 5.15 Å². The van der Waals surface area contributed by atoms with Crippen LogP contribution in [-0.2, 0) is 0 Å². The van der Waals surface area contributed by atoms with Gasteiger partial charge in [0.1, 0.15) is 5.15 Å². The zero-order valence-corrected chi connectivity index (χ0v) is 11.3. The second-order valence-electron chi connectivity index (χ2n) is 4.18. The molecule has 98 valence electrons. The third-order valence-electron chi connectivity index (χ3n) is 2.59. The van der Waals surface area contributed by atoms with Crippen molar-refractivity contribution in [2.24, 2.45) is 0 Å². The molecule has 0 saturated heterocycles. The van der Waals surface area contributed by atoms with Gasteiger partial charge in [0, 0.05) is 16.9 Å². The average molecular weight is 277 g/mol. The third kappa shape index (κ3) is 3.20. The average Bonchev–Trinajstić information content (AvgIpc) is 2.31. The molecular weight excluding hydrogens is 264 g/mol. The fourth-order valence-electron chi connectivity index (χ4n) is 1.54. The molecule has 2 rings (SSSR count). The molecule has 1 aromatic heterocycles. The number of aryl methyl sites for hydroxylation is 2. The Morgan fingerprint density at radius 1 is 1.26 bits per heavy atom. The fraction of sp³-hybridized carbons (Fsp3) is 0.154. The number of carbonyl (C=O) groups excluding carboxylic acids is 1. The van der Waals surface area contributed by atoms with Crippen molar-refractivity contribution in [3.05, 3.63) is 46.2 Å². The van der Waals surface area contributed by atoms with Crippen LogP contribution in [0.5, 0.6) is 0 Å². The first kappa shape index (κ1) is 13.3. The first-order valence-electron chi connectivity index (χ1n) is 5.64. The van der Waals surface area contributed by atoms with Crippen LogP contribution < -0.4 is 11.1 Å². The molecule has 0 bridgehead atoms. The second-order valence-corrected chi connectivity index (χ2v) is 4.57. The fourth-order valence-corrected chi connectivity index (χ4v) is 1.78. The number of nitrogen functional groups attached to an aromatic ring is 1. The summed E-state index contributed by atoms with van der Waals surface area (Å²) in [5.74, 6) is -0.150. The summed E-state index contributed by atoms with van der Waals surface area (Å²) >= 11 is 5.80. The third-order valence-corrected chi connectivity index (χ3v) is 2.78. The Morgan fingerprint density at radius 3 is 2.63 bits per heavy atom. The maximum Gasteiger partial charge on any atom is 0.258 e. The Kier molecular flexibility index (Phi) is 3.66. The minimum Gasteiger partial charge on any atom is -0.398 e. The van der Waals surface area contributed by atoms with Crippen LogP contribution in [0.25, 0.3) is 0 Å². The highest BCUT2D eigenvalue weighted by Gasteiger charge is 2.09. The molecule has 0 radical (unpaired) electrons. The first-order valence-corrected chi connectivity index (χ1v) is 6.02.